The van der Waals surface area contributed by atoms with Gasteiger partial charge in [0.2, 0.25) is 0 Å². The molecule has 0 aromatic carbocycles. The number of aliphatic carboxylic acids is 3. The van der Waals surface area contributed by atoms with E-state index < -0.39 is 40.5 Å². The van der Waals surface area contributed by atoms with Crippen molar-refractivity contribution in [2.45, 2.75) is 142 Å². The van der Waals surface area contributed by atoms with Crippen molar-refractivity contribution in [3.05, 3.63) is 12.3 Å². The molecule has 0 aromatic heterocycles. The summed E-state index contributed by atoms with van der Waals surface area (Å²) in [6, 6.07) is -3.61. The molecular weight excluding hydrogens is 434 g/mol. The maximum absolute atomic E-state index is 11.7. The van der Waals surface area contributed by atoms with Gasteiger partial charge < -0.3 is 15.3 Å². The third-order valence-corrected chi connectivity index (χ3v) is 7.17. The largest absolute Gasteiger partial charge is 0.477 e. The first-order valence-corrected chi connectivity index (χ1v) is 13.4. The molecule has 0 heterocycles. The van der Waals surface area contributed by atoms with Crippen molar-refractivity contribution in [3.63, 3.8) is 0 Å². The molecule has 0 bridgehead atoms. The summed E-state index contributed by atoms with van der Waals surface area (Å²) in [5.74, 6) is -3.66. The van der Waals surface area contributed by atoms with Crippen molar-refractivity contribution >= 4 is 17.9 Å². The molecule has 7 heteroatoms. The van der Waals surface area contributed by atoms with Crippen LogP contribution in [0.3, 0.4) is 0 Å². The first-order chi connectivity index (χ1) is 16.1. The Morgan fingerprint density at radius 3 is 1.18 bits per heavy atom. The molecule has 3 N–H and O–H groups in total. The third kappa shape index (κ3) is 11.5. The average Bonchev–Trinajstić information content (AvgIpc) is 2.80. The van der Waals surface area contributed by atoms with Crippen LogP contribution in [0.25, 0.3) is 0 Å². The normalized spacial score (nSPS) is 16.1. The van der Waals surface area contributed by atoms with Gasteiger partial charge >= 0.3 is 17.9 Å². The fourth-order valence-electron chi connectivity index (χ4n) is 4.68. The second-order valence-corrected chi connectivity index (χ2v) is 9.71. The van der Waals surface area contributed by atoms with Gasteiger partial charge in [0.25, 0.3) is 0 Å². The standard InChI is InChI=1S/C27H49NO6/c1-5-6-7-8-9-10-11-12-13-14-15-16-17-18-19-20-21-28(22(2)25(29)30,23(3)26(31)32)24(4)27(33)34/h20-24H,5-19H2,1-4H3,(H2-,29,30,31,32,33,34)/p+1/b21-20+. The molecule has 0 fully saturated rings. The first-order valence-electron chi connectivity index (χ1n) is 13.4. The molecule has 198 valence electrons. The van der Waals surface area contributed by atoms with Crippen molar-refractivity contribution in [3.8, 4) is 0 Å². The van der Waals surface area contributed by atoms with Crippen LogP contribution in [0.1, 0.15) is 124 Å². The predicted octanol–water partition coefficient (Wildman–Crippen LogP) is 6.61. The highest BCUT2D eigenvalue weighted by molar-refractivity contribution is 5.77. The lowest BCUT2D eigenvalue weighted by Crippen LogP contribution is -2.67. The highest BCUT2D eigenvalue weighted by Gasteiger charge is 2.51. The Morgan fingerprint density at radius 1 is 0.588 bits per heavy atom. The number of carboxylic acid groups (broad SMARTS) is 3. The summed E-state index contributed by atoms with van der Waals surface area (Å²) in [4.78, 5) is 35.2. The van der Waals surface area contributed by atoms with Gasteiger partial charge in [-0.05, 0) is 39.7 Å². The summed E-state index contributed by atoms with van der Waals surface area (Å²) >= 11 is 0. The van der Waals surface area contributed by atoms with Gasteiger partial charge in [-0.3, -0.25) is 4.48 Å². The Morgan fingerprint density at radius 2 is 0.882 bits per heavy atom. The Bertz CT molecular complexity index is 568. The molecule has 0 saturated carbocycles. The van der Waals surface area contributed by atoms with E-state index in [4.69, 9.17) is 0 Å². The van der Waals surface area contributed by atoms with Gasteiger partial charge in [-0.2, -0.15) is 0 Å². The predicted molar refractivity (Wildman–Crippen MR) is 136 cm³/mol. The molecule has 0 aromatic rings. The van der Waals surface area contributed by atoms with Gasteiger partial charge in [-0.25, -0.2) is 14.4 Å². The van der Waals surface area contributed by atoms with Crippen molar-refractivity contribution in [1.29, 1.82) is 0 Å². The maximum Gasteiger partial charge on any atom is 0.362 e. The second-order valence-electron chi connectivity index (χ2n) is 9.71. The monoisotopic (exact) mass is 484 g/mol. The zero-order valence-corrected chi connectivity index (χ0v) is 22.0. The van der Waals surface area contributed by atoms with Gasteiger partial charge in [0.05, 0.1) is 6.20 Å². The minimum atomic E-state index is -1.22. The topological polar surface area (TPSA) is 112 Å². The van der Waals surface area contributed by atoms with Gasteiger partial charge in [-0.1, -0.05) is 90.4 Å². The minimum absolute atomic E-state index is 0.654. The molecule has 0 spiro atoms. The number of unbranched alkanes of at least 4 members (excludes halogenated alkanes) is 14. The van der Waals surface area contributed by atoms with Crippen molar-refractivity contribution in [1.82, 2.24) is 0 Å². The van der Waals surface area contributed by atoms with Crippen LogP contribution in [0, 0.1) is 0 Å². The number of quaternary nitrogens is 1. The van der Waals surface area contributed by atoms with Crippen LogP contribution >= 0.6 is 0 Å². The second kappa shape index (κ2) is 18.4. The molecular formula is C27H50NO6+. The van der Waals surface area contributed by atoms with Gasteiger partial charge in [0, 0.05) is 0 Å². The van der Waals surface area contributed by atoms with Crippen LogP contribution in [0.2, 0.25) is 0 Å². The number of allylic oxidation sites excluding steroid dienone is 1. The Kier molecular flexibility index (Phi) is 17.4. The van der Waals surface area contributed by atoms with Crippen molar-refractivity contribution < 1.29 is 34.2 Å². The van der Waals surface area contributed by atoms with Gasteiger partial charge in [0.1, 0.15) is 0 Å². The van der Waals surface area contributed by atoms with Crippen molar-refractivity contribution in [2.24, 2.45) is 0 Å². The Hall–Kier alpha value is -1.89. The molecule has 0 radical (unpaired) electrons. The van der Waals surface area contributed by atoms with Crippen LogP contribution in [0.15, 0.2) is 12.3 Å². The lowest BCUT2D eigenvalue weighted by molar-refractivity contribution is -0.922. The maximum atomic E-state index is 11.7. The molecule has 0 amide bonds. The average molecular weight is 485 g/mol. The molecule has 0 aliphatic heterocycles. The lowest BCUT2D eigenvalue weighted by atomic mass is 10.0. The number of hydrogen-bond acceptors (Lipinski definition) is 3. The summed E-state index contributed by atoms with van der Waals surface area (Å²) < 4.78 is -0.654. The molecule has 3 unspecified atom stereocenters. The van der Waals surface area contributed by atoms with Crippen LogP contribution in [-0.2, 0) is 14.4 Å². The fraction of sp³-hybridized carbons (Fsp3) is 0.815. The summed E-state index contributed by atoms with van der Waals surface area (Å²) in [5.41, 5.74) is 0. The van der Waals surface area contributed by atoms with E-state index in [1.54, 1.807) is 6.08 Å². The lowest BCUT2D eigenvalue weighted by Gasteiger charge is -2.44. The van der Waals surface area contributed by atoms with E-state index in [-0.39, 0.29) is 0 Å². The van der Waals surface area contributed by atoms with E-state index in [9.17, 15) is 29.7 Å². The van der Waals surface area contributed by atoms with Crippen LogP contribution in [-0.4, -0.2) is 55.8 Å². The summed E-state index contributed by atoms with van der Waals surface area (Å²) in [7, 11) is 0. The van der Waals surface area contributed by atoms with Gasteiger partial charge in [-0.15, -0.1) is 0 Å². The summed E-state index contributed by atoms with van der Waals surface area (Å²) in [6.07, 6.45) is 21.6. The van der Waals surface area contributed by atoms with E-state index in [0.717, 1.165) is 19.3 Å². The third-order valence-electron chi connectivity index (χ3n) is 7.17. The van der Waals surface area contributed by atoms with Crippen molar-refractivity contribution in [2.75, 3.05) is 0 Å². The number of nitrogens with zero attached hydrogens (tertiary/aromatic N) is 1. The Balaban J connectivity index is 4.44. The first kappa shape index (κ1) is 32.1. The van der Waals surface area contributed by atoms with Gasteiger partial charge in [0.15, 0.2) is 18.1 Å². The zero-order chi connectivity index (χ0) is 26.0. The number of carbonyl (C=O) groups is 3. The Labute approximate surface area is 206 Å². The molecule has 0 aliphatic carbocycles. The van der Waals surface area contributed by atoms with E-state index >= 15 is 0 Å². The van der Waals surface area contributed by atoms with Crippen LogP contribution in [0.4, 0.5) is 0 Å². The quantitative estimate of drug-likeness (QED) is 0.118. The molecule has 0 aliphatic rings. The summed E-state index contributed by atoms with van der Waals surface area (Å²) in [6.45, 7) is 6.36. The van der Waals surface area contributed by atoms with E-state index in [1.165, 1.54) is 97.6 Å². The molecule has 34 heavy (non-hydrogen) atoms. The smallest absolute Gasteiger partial charge is 0.362 e. The highest BCUT2D eigenvalue weighted by Crippen LogP contribution is 2.27. The molecule has 0 rings (SSSR count). The molecule has 0 saturated heterocycles. The van der Waals surface area contributed by atoms with E-state index in [2.05, 4.69) is 6.92 Å². The zero-order valence-electron chi connectivity index (χ0n) is 22.0. The number of rotatable bonds is 22. The summed E-state index contributed by atoms with van der Waals surface area (Å²) in [5, 5.41) is 28.7. The van der Waals surface area contributed by atoms with Crippen LogP contribution in [0.5, 0.6) is 0 Å². The fourth-order valence-corrected chi connectivity index (χ4v) is 4.68. The SMILES string of the molecule is CCCCCCCCCCCCCCCC/C=C/[N+](C(C)C(=O)O)(C(C)C(=O)O)C(C)C(=O)O. The van der Waals surface area contributed by atoms with E-state index in [1.807, 2.05) is 0 Å². The minimum Gasteiger partial charge on any atom is -0.477 e. The van der Waals surface area contributed by atoms with E-state index in [0.29, 0.717) is 6.42 Å². The molecule has 7 nitrogen and oxygen atoms in total. The number of hydrogen-bond donors (Lipinski definition) is 3. The number of carboxylic acids is 3. The van der Waals surface area contributed by atoms with Crippen LogP contribution < -0.4 is 0 Å². The highest BCUT2D eigenvalue weighted by atomic mass is 16.4. The molecule has 3 atom stereocenters.